The average molecular weight is 832 g/mol. The fourth-order valence-electron chi connectivity index (χ4n) is 6.76. The maximum Gasteiger partial charge on any atom is 0.164 e. The SMILES string of the molecule is CCC(C)(CC)C(=O)/C=C(\O)C(C)(CC)CC.Cc1cc2cc3c(cc2cc1C)C(C)(C)c1c(-c2[c-]cc4ccccc4c2)ncnc1-3.[Ir]. The molecule has 0 spiro atoms. The van der Waals surface area contributed by atoms with Gasteiger partial charge in [-0.25, -0.2) is 4.98 Å². The van der Waals surface area contributed by atoms with Gasteiger partial charge in [-0.2, -0.15) is 0 Å². The quantitative estimate of drug-likeness (QED) is 0.0961. The number of hydrogen-bond donors (Lipinski definition) is 1. The van der Waals surface area contributed by atoms with Crippen LogP contribution in [0.25, 0.3) is 44.1 Å². The first-order valence-corrected chi connectivity index (χ1v) is 17.5. The molecule has 6 rings (SSSR count). The van der Waals surface area contributed by atoms with Crippen LogP contribution in [0.2, 0.25) is 0 Å². The largest absolute Gasteiger partial charge is 0.512 e. The van der Waals surface area contributed by atoms with Gasteiger partial charge in [-0.15, -0.1) is 29.1 Å². The number of rotatable bonds is 8. The van der Waals surface area contributed by atoms with E-state index in [-0.39, 0.29) is 47.9 Å². The van der Waals surface area contributed by atoms with Gasteiger partial charge in [0.1, 0.15) is 12.1 Å². The summed E-state index contributed by atoms with van der Waals surface area (Å²) in [6.45, 7) is 21.0. The van der Waals surface area contributed by atoms with E-state index in [1.165, 1.54) is 55.4 Å². The Labute approximate surface area is 306 Å². The zero-order valence-electron chi connectivity index (χ0n) is 30.8. The number of aliphatic hydroxyl groups is 1. The van der Waals surface area contributed by atoms with Gasteiger partial charge in [0.05, 0.1) is 5.69 Å². The van der Waals surface area contributed by atoms with Crippen LogP contribution >= 0.6 is 0 Å². The third-order valence-corrected chi connectivity index (χ3v) is 11.5. The van der Waals surface area contributed by atoms with Crippen LogP contribution < -0.4 is 0 Å². The van der Waals surface area contributed by atoms with Gasteiger partial charge in [0.2, 0.25) is 0 Å². The Balaban J connectivity index is 0.000000260. The number of carbonyl (C=O) groups excluding carboxylic acids is 1. The van der Waals surface area contributed by atoms with E-state index in [0.29, 0.717) is 0 Å². The van der Waals surface area contributed by atoms with Gasteiger partial charge in [0, 0.05) is 48.0 Å². The van der Waals surface area contributed by atoms with Crippen molar-refractivity contribution in [3.8, 4) is 22.5 Å². The summed E-state index contributed by atoms with van der Waals surface area (Å²) in [5.74, 6) is 0.286. The van der Waals surface area contributed by atoms with E-state index < -0.39 is 0 Å². The molecule has 259 valence electrons. The minimum atomic E-state index is -0.337. The predicted octanol–water partition coefficient (Wildman–Crippen LogP) is 11.8. The van der Waals surface area contributed by atoms with E-state index in [2.05, 4.69) is 94.4 Å². The Morgan fingerprint density at radius 1 is 0.796 bits per heavy atom. The van der Waals surface area contributed by atoms with Crippen molar-refractivity contribution in [2.24, 2.45) is 10.8 Å². The topological polar surface area (TPSA) is 63.1 Å². The van der Waals surface area contributed by atoms with Gasteiger partial charge in [0.25, 0.3) is 0 Å². The summed E-state index contributed by atoms with van der Waals surface area (Å²) in [5, 5.41) is 15.1. The molecule has 4 aromatic carbocycles. The summed E-state index contributed by atoms with van der Waals surface area (Å²) in [5.41, 5.74) is 8.64. The van der Waals surface area contributed by atoms with Crippen LogP contribution in [-0.4, -0.2) is 20.9 Å². The fourth-order valence-corrected chi connectivity index (χ4v) is 6.76. The van der Waals surface area contributed by atoms with Crippen LogP contribution in [-0.2, 0) is 30.3 Å². The average Bonchev–Trinajstić information content (AvgIpc) is 3.32. The van der Waals surface area contributed by atoms with Crippen LogP contribution in [0.5, 0.6) is 0 Å². The molecule has 0 atom stereocenters. The molecule has 1 heterocycles. The van der Waals surface area contributed by atoms with Crippen molar-refractivity contribution in [2.45, 2.75) is 100 Å². The van der Waals surface area contributed by atoms with E-state index in [9.17, 15) is 9.90 Å². The molecule has 1 N–H and O–H groups in total. The van der Waals surface area contributed by atoms with E-state index in [0.717, 1.165) is 42.6 Å². The first kappa shape index (κ1) is 38.1. The van der Waals surface area contributed by atoms with E-state index in [1.807, 2.05) is 41.5 Å². The van der Waals surface area contributed by atoms with Crippen LogP contribution in [0.1, 0.15) is 103 Å². The number of benzene rings is 4. The molecule has 0 fully saturated rings. The molecule has 0 amide bonds. The molecule has 1 aliphatic carbocycles. The molecule has 0 bridgehead atoms. The number of allylic oxidation sites excluding steroid dienone is 2. The van der Waals surface area contributed by atoms with Crippen LogP contribution in [0.15, 0.2) is 78.8 Å². The van der Waals surface area contributed by atoms with Crippen molar-refractivity contribution >= 4 is 27.3 Å². The van der Waals surface area contributed by atoms with Gasteiger partial charge in [-0.05, 0) is 90.4 Å². The van der Waals surface area contributed by atoms with Crippen LogP contribution in [0.3, 0.4) is 0 Å². The number of aromatic nitrogens is 2. The van der Waals surface area contributed by atoms with Crippen molar-refractivity contribution in [1.29, 1.82) is 0 Å². The van der Waals surface area contributed by atoms with Gasteiger partial charge in [0.15, 0.2) is 5.78 Å². The number of hydrogen-bond acceptors (Lipinski definition) is 4. The molecule has 0 saturated carbocycles. The molecule has 1 aliphatic rings. The molecule has 1 radical (unpaired) electrons. The van der Waals surface area contributed by atoms with E-state index in [1.54, 1.807) is 6.33 Å². The maximum atomic E-state index is 12.2. The molecule has 49 heavy (non-hydrogen) atoms. The molecule has 4 nitrogen and oxygen atoms in total. The molecule has 0 unspecified atom stereocenters. The molecule has 5 aromatic rings. The fraction of sp³-hybridized carbons (Fsp3) is 0.386. The summed E-state index contributed by atoms with van der Waals surface area (Å²) >= 11 is 0. The van der Waals surface area contributed by atoms with E-state index in [4.69, 9.17) is 9.97 Å². The minimum Gasteiger partial charge on any atom is -0.512 e. The number of ketones is 1. The maximum absolute atomic E-state index is 12.2. The van der Waals surface area contributed by atoms with Gasteiger partial charge in [-0.3, -0.25) is 9.78 Å². The molecular formula is C44H51IrN2O2-. The molecule has 5 heteroatoms. The Hall–Kier alpha value is -3.66. The second-order valence-corrected chi connectivity index (χ2v) is 14.7. The Morgan fingerprint density at radius 3 is 1.94 bits per heavy atom. The Bertz CT molecular complexity index is 2030. The normalized spacial score (nSPS) is 13.7. The van der Waals surface area contributed by atoms with Crippen molar-refractivity contribution in [2.75, 3.05) is 0 Å². The van der Waals surface area contributed by atoms with Crippen molar-refractivity contribution in [1.82, 2.24) is 9.97 Å². The van der Waals surface area contributed by atoms with Crippen LogP contribution in [0, 0.1) is 30.7 Å². The number of aliphatic hydroxyl groups excluding tert-OH is 1. The summed E-state index contributed by atoms with van der Waals surface area (Å²) in [4.78, 5) is 21.7. The zero-order chi connectivity index (χ0) is 35.0. The third kappa shape index (κ3) is 7.03. The summed E-state index contributed by atoms with van der Waals surface area (Å²) in [7, 11) is 0. The van der Waals surface area contributed by atoms with Crippen LogP contribution in [0.4, 0.5) is 0 Å². The van der Waals surface area contributed by atoms with Gasteiger partial charge >= 0.3 is 0 Å². The number of aryl methyl sites for hydroxylation is 2. The summed E-state index contributed by atoms with van der Waals surface area (Å²) in [6, 6.07) is 25.4. The zero-order valence-corrected chi connectivity index (χ0v) is 33.2. The second-order valence-electron chi connectivity index (χ2n) is 14.7. The summed E-state index contributed by atoms with van der Waals surface area (Å²) in [6.07, 6.45) is 6.46. The predicted molar refractivity (Wildman–Crippen MR) is 201 cm³/mol. The van der Waals surface area contributed by atoms with Crippen molar-refractivity contribution in [3.05, 3.63) is 107 Å². The monoisotopic (exact) mass is 832 g/mol. The minimum absolute atomic E-state index is 0. The van der Waals surface area contributed by atoms with Crippen molar-refractivity contribution < 1.29 is 30.0 Å². The molecule has 0 saturated heterocycles. The molecule has 1 aromatic heterocycles. The number of nitrogens with zero attached hydrogens (tertiary/aromatic N) is 2. The first-order chi connectivity index (χ1) is 22.7. The Kier molecular flexibility index (Phi) is 11.4. The van der Waals surface area contributed by atoms with Gasteiger partial charge < -0.3 is 5.11 Å². The van der Waals surface area contributed by atoms with Crippen molar-refractivity contribution in [3.63, 3.8) is 0 Å². The second kappa shape index (κ2) is 14.7. The number of carbonyl (C=O) groups is 1. The third-order valence-electron chi connectivity index (χ3n) is 11.5. The standard InChI is InChI=1S/C29H23N2.C15H28O2.Ir/c1-17-11-22-14-24-25(15-23(22)12-18(17)2)29(3,4)26-27(30-16-31-28(24)26)21-10-9-19-7-5-6-8-20(19)13-21;1-7-14(5,8-2)12(16)11-13(17)15(6,9-3)10-4;/h5-9,11-16H,1-4H3;11,16H,7-10H2,1-6H3;/q-1;;/b;12-11-;. The summed E-state index contributed by atoms with van der Waals surface area (Å²) < 4.78 is 0. The molecule has 0 aliphatic heterocycles. The first-order valence-electron chi connectivity index (χ1n) is 17.5. The van der Waals surface area contributed by atoms with Gasteiger partial charge in [-0.1, -0.05) is 97.2 Å². The molecular weight excluding hydrogens is 781 g/mol. The number of fused-ring (bicyclic) bond motifs is 5. The smallest absolute Gasteiger partial charge is 0.164 e. The van der Waals surface area contributed by atoms with E-state index >= 15 is 0 Å². The Morgan fingerprint density at radius 2 is 1.35 bits per heavy atom.